The smallest absolute Gasteiger partial charge is 0.253 e. The number of rotatable bonds is 5. The zero-order chi connectivity index (χ0) is 22.7. The summed E-state index contributed by atoms with van der Waals surface area (Å²) in [5.41, 5.74) is 5.92. The molecule has 1 atom stereocenters. The molecular formula is C27H29N3O2. The molecule has 0 saturated carbocycles. The van der Waals surface area contributed by atoms with E-state index in [1.807, 2.05) is 74.2 Å². The summed E-state index contributed by atoms with van der Waals surface area (Å²) in [5, 5.41) is 3.05. The predicted octanol–water partition coefficient (Wildman–Crippen LogP) is 5.09. The fourth-order valence-electron chi connectivity index (χ4n) is 4.00. The third kappa shape index (κ3) is 4.88. The van der Waals surface area contributed by atoms with E-state index in [-0.39, 0.29) is 17.9 Å². The average molecular weight is 428 g/mol. The van der Waals surface area contributed by atoms with Crippen molar-refractivity contribution in [3.8, 4) is 11.1 Å². The highest BCUT2D eigenvalue weighted by atomic mass is 16.2. The number of hydrogen-bond acceptors (Lipinski definition) is 3. The summed E-state index contributed by atoms with van der Waals surface area (Å²) < 4.78 is 0. The molecule has 0 unspecified atom stereocenters. The molecule has 5 heteroatoms. The van der Waals surface area contributed by atoms with Gasteiger partial charge in [-0.3, -0.25) is 14.6 Å². The Hall–Kier alpha value is -3.47. The van der Waals surface area contributed by atoms with Gasteiger partial charge in [0.25, 0.3) is 11.8 Å². The number of amides is 2. The first-order valence-electron chi connectivity index (χ1n) is 11.2. The van der Waals surface area contributed by atoms with E-state index in [9.17, 15) is 9.59 Å². The fourth-order valence-corrected chi connectivity index (χ4v) is 4.00. The molecule has 0 radical (unpaired) electrons. The van der Waals surface area contributed by atoms with Gasteiger partial charge in [0, 0.05) is 36.1 Å². The van der Waals surface area contributed by atoms with Gasteiger partial charge in [-0.2, -0.15) is 0 Å². The van der Waals surface area contributed by atoms with Gasteiger partial charge in [0.15, 0.2) is 0 Å². The van der Waals surface area contributed by atoms with E-state index in [0.717, 1.165) is 53.9 Å². The van der Waals surface area contributed by atoms with Gasteiger partial charge in [-0.1, -0.05) is 35.9 Å². The summed E-state index contributed by atoms with van der Waals surface area (Å²) in [6.07, 6.45) is 3.84. The Kier molecular flexibility index (Phi) is 6.35. The molecule has 0 aliphatic carbocycles. The Bertz CT molecular complexity index is 1110. The van der Waals surface area contributed by atoms with Gasteiger partial charge in [-0.05, 0) is 74.6 Å². The predicted molar refractivity (Wildman–Crippen MR) is 127 cm³/mol. The van der Waals surface area contributed by atoms with Crippen molar-refractivity contribution in [2.45, 2.75) is 39.7 Å². The standard InChI is InChI=1S/C27H29N3O2/c1-18-6-9-21(10-7-18)23-14-24(16-25(15-23)27(32)30-12-4-5-13-30)26(31)29-20(3)22-11-8-19(2)28-17-22/h6-11,14-17,20H,4-5,12-13H2,1-3H3,(H,29,31)/t20-/m0/s1. The summed E-state index contributed by atoms with van der Waals surface area (Å²) >= 11 is 0. The molecule has 1 fully saturated rings. The van der Waals surface area contributed by atoms with Gasteiger partial charge < -0.3 is 10.2 Å². The summed E-state index contributed by atoms with van der Waals surface area (Å²) in [5.74, 6) is -0.219. The SMILES string of the molecule is Cc1ccc(-c2cc(C(=O)N[C@@H](C)c3ccc(C)nc3)cc(C(=O)N3CCCC3)c2)cc1. The van der Waals surface area contributed by atoms with Crippen LogP contribution in [0.1, 0.15) is 63.3 Å². The average Bonchev–Trinajstić information content (AvgIpc) is 3.34. The van der Waals surface area contributed by atoms with E-state index in [1.165, 1.54) is 0 Å². The molecule has 0 spiro atoms. The molecule has 32 heavy (non-hydrogen) atoms. The van der Waals surface area contributed by atoms with Crippen LogP contribution in [0.4, 0.5) is 0 Å². The lowest BCUT2D eigenvalue weighted by atomic mass is 9.97. The molecule has 1 aromatic heterocycles. The van der Waals surface area contributed by atoms with Crippen LogP contribution >= 0.6 is 0 Å². The summed E-state index contributed by atoms with van der Waals surface area (Å²) in [6, 6.07) is 17.3. The quantitative estimate of drug-likeness (QED) is 0.617. The fraction of sp³-hybridized carbons (Fsp3) is 0.296. The van der Waals surface area contributed by atoms with Crippen LogP contribution in [0.25, 0.3) is 11.1 Å². The molecule has 1 saturated heterocycles. The second-order valence-corrected chi connectivity index (χ2v) is 8.59. The first-order valence-corrected chi connectivity index (χ1v) is 11.2. The molecule has 1 aliphatic rings. The number of nitrogens with one attached hydrogen (secondary N) is 1. The minimum atomic E-state index is -0.206. The first-order chi connectivity index (χ1) is 15.4. The van der Waals surface area contributed by atoms with Crippen LogP contribution in [0.5, 0.6) is 0 Å². The van der Waals surface area contributed by atoms with E-state index < -0.39 is 0 Å². The Morgan fingerprint density at radius 3 is 2.25 bits per heavy atom. The third-order valence-corrected chi connectivity index (χ3v) is 6.00. The van der Waals surface area contributed by atoms with Crippen LogP contribution < -0.4 is 5.32 Å². The number of hydrogen-bond donors (Lipinski definition) is 1. The zero-order valence-electron chi connectivity index (χ0n) is 18.9. The van der Waals surface area contributed by atoms with Crippen molar-refractivity contribution in [2.75, 3.05) is 13.1 Å². The third-order valence-electron chi connectivity index (χ3n) is 6.00. The number of benzene rings is 2. The van der Waals surface area contributed by atoms with Crippen molar-refractivity contribution in [3.63, 3.8) is 0 Å². The number of nitrogens with zero attached hydrogens (tertiary/aromatic N) is 2. The van der Waals surface area contributed by atoms with Crippen molar-refractivity contribution >= 4 is 11.8 Å². The van der Waals surface area contributed by atoms with E-state index in [2.05, 4.69) is 10.3 Å². The molecule has 5 nitrogen and oxygen atoms in total. The zero-order valence-corrected chi connectivity index (χ0v) is 18.9. The van der Waals surface area contributed by atoms with Crippen LogP contribution in [0.15, 0.2) is 60.8 Å². The molecule has 4 rings (SSSR count). The maximum absolute atomic E-state index is 13.2. The van der Waals surface area contributed by atoms with Crippen molar-refractivity contribution in [1.29, 1.82) is 0 Å². The maximum Gasteiger partial charge on any atom is 0.253 e. The van der Waals surface area contributed by atoms with E-state index in [0.29, 0.717) is 11.1 Å². The van der Waals surface area contributed by atoms with E-state index in [4.69, 9.17) is 0 Å². The summed E-state index contributed by atoms with van der Waals surface area (Å²) in [7, 11) is 0. The van der Waals surface area contributed by atoms with Gasteiger partial charge in [0.2, 0.25) is 0 Å². The highest BCUT2D eigenvalue weighted by Crippen LogP contribution is 2.25. The Balaban J connectivity index is 1.66. The van der Waals surface area contributed by atoms with Crippen molar-refractivity contribution in [2.24, 2.45) is 0 Å². The Labute approximate surface area is 189 Å². The molecule has 2 aromatic carbocycles. The lowest BCUT2D eigenvalue weighted by molar-refractivity contribution is 0.0793. The number of aromatic nitrogens is 1. The van der Waals surface area contributed by atoms with Gasteiger partial charge in [0.05, 0.1) is 6.04 Å². The van der Waals surface area contributed by atoms with Crippen LogP contribution in [0, 0.1) is 13.8 Å². The van der Waals surface area contributed by atoms with Gasteiger partial charge in [-0.25, -0.2) is 0 Å². The molecule has 1 N–H and O–H groups in total. The van der Waals surface area contributed by atoms with Gasteiger partial charge in [-0.15, -0.1) is 0 Å². The monoisotopic (exact) mass is 427 g/mol. The van der Waals surface area contributed by atoms with E-state index in [1.54, 1.807) is 12.3 Å². The lowest BCUT2D eigenvalue weighted by Gasteiger charge is -2.18. The highest BCUT2D eigenvalue weighted by Gasteiger charge is 2.22. The number of carbonyl (C=O) groups excluding carboxylic acids is 2. The first kappa shape index (κ1) is 21.8. The van der Waals surface area contributed by atoms with Crippen LogP contribution in [0.2, 0.25) is 0 Å². The second-order valence-electron chi connectivity index (χ2n) is 8.59. The number of likely N-dealkylation sites (tertiary alicyclic amines) is 1. The van der Waals surface area contributed by atoms with Crippen molar-refractivity contribution < 1.29 is 9.59 Å². The lowest BCUT2D eigenvalue weighted by Crippen LogP contribution is -2.29. The molecule has 164 valence electrons. The number of aryl methyl sites for hydroxylation is 2. The molecule has 2 heterocycles. The second kappa shape index (κ2) is 9.35. The summed E-state index contributed by atoms with van der Waals surface area (Å²) in [4.78, 5) is 32.5. The highest BCUT2D eigenvalue weighted by molar-refractivity contribution is 6.01. The topological polar surface area (TPSA) is 62.3 Å². The van der Waals surface area contributed by atoms with Crippen molar-refractivity contribution in [3.05, 3.63) is 88.7 Å². The summed E-state index contributed by atoms with van der Waals surface area (Å²) in [6.45, 7) is 7.45. The molecule has 0 bridgehead atoms. The Morgan fingerprint density at radius 1 is 0.906 bits per heavy atom. The Morgan fingerprint density at radius 2 is 1.59 bits per heavy atom. The van der Waals surface area contributed by atoms with Crippen molar-refractivity contribution in [1.82, 2.24) is 15.2 Å². The van der Waals surface area contributed by atoms with E-state index >= 15 is 0 Å². The number of pyridine rings is 1. The maximum atomic E-state index is 13.2. The van der Waals surface area contributed by atoms with Crippen LogP contribution in [-0.4, -0.2) is 34.8 Å². The van der Waals surface area contributed by atoms with Gasteiger partial charge >= 0.3 is 0 Å². The largest absolute Gasteiger partial charge is 0.345 e. The molecular weight excluding hydrogens is 398 g/mol. The number of carbonyl (C=O) groups is 2. The molecule has 1 aliphatic heterocycles. The van der Waals surface area contributed by atoms with Gasteiger partial charge in [0.1, 0.15) is 0 Å². The molecule has 3 aromatic rings. The minimum Gasteiger partial charge on any atom is -0.345 e. The minimum absolute atomic E-state index is 0.0127. The normalized spacial score (nSPS) is 14.3. The van der Waals surface area contributed by atoms with Crippen LogP contribution in [0.3, 0.4) is 0 Å². The van der Waals surface area contributed by atoms with Crippen LogP contribution in [-0.2, 0) is 0 Å². The molecule has 2 amide bonds.